The summed E-state index contributed by atoms with van der Waals surface area (Å²) >= 11 is 6.01. The molecule has 1 saturated carbocycles. The van der Waals surface area contributed by atoms with Gasteiger partial charge in [-0.25, -0.2) is 4.98 Å². The molecule has 1 aliphatic carbocycles. The number of nitrogens with zero attached hydrogens (tertiary/aromatic N) is 3. The molecule has 1 aromatic rings. The maximum atomic E-state index is 12.4. The van der Waals surface area contributed by atoms with E-state index in [1.54, 1.807) is 12.3 Å². The topological polar surface area (TPSA) is 48.5 Å². The van der Waals surface area contributed by atoms with E-state index >= 15 is 0 Å². The summed E-state index contributed by atoms with van der Waals surface area (Å²) in [5.74, 6) is 0.395. The van der Waals surface area contributed by atoms with Crippen molar-refractivity contribution < 1.29 is 4.79 Å². The molecule has 2 aliphatic rings. The molecule has 0 radical (unpaired) electrons. The van der Waals surface area contributed by atoms with Crippen molar-refractivity contribution in [3.63, 3.8) is 0 Å². The number of hydrogen-bond acceptors (Lipinski definition) is 5. The molecule has 0 spiro atoms. The molecule has 24 heavy (non-hydrogen) atoms. The third-order valence-electron chi connectivity index (χ3n) is 5.12. The highest BCUT2D eigenvalue weighted by Crippen LogP contribution is 2.34. The van der Waals surface area contributed by atoms with Crippen molar-refractivity contribution in [1.82, 2.24) is 14.8 Å². The van der Waals surface area contributed by atoms with Gasteiger partial charge in [-0.05, 0) is 58.9 Å². The first-order chi connectivity index (χ1) is 11.5. The lowest BCUT2D eigenvalue weighted by atomic mass is 10.0. The fourth-order valence-corrected chi connectivity index (χ4v) is 3.50. The third-order valence-corrected chi connectivity index (χ3v) is 5.32. The molecule has 0 aromatic carbocycles. The molecule has 132 valence electrons. The van der Waals surface area contributed by atoms with Gasteiger partial charge >= 0.3 is 0 Å². The minimum absolute atomic E-state index is 0.193. The number of carbonyl (C=O) groups excluding carboxylic acids is 1. The van der Waals surface area contributed by atoms with Crippen LogP contribution in [-0.4, -0.2) is 66.9 Å². The number of Topliss-reactive ketones (excluding diaryl/α,β-unsaturated/α-hetero) is 1. The molecule has 0 unspecified atom stereocenters. The van der Waals surface area contributed by atoms with Crippen molar-refractivity contribution in [1.29, 1.82) is 0 Å². The van der Waals surface area contributed by atoms with Gasteiger partial charge in [-0.3, -0.25) is 4.79 Å². The van der Waals surface area contributed by atoms with E-state index in [1.165, 1.54) is 12.8 Å². The molecule has 1 aromatic heterocycles. The first-order valence-corrected chi connectivity index (χ1v) is 9.25. The van der Waals surface area contributed by atoms with Crippen LogP contribution in [0, 0.1) is 5.92 Å². The summed E-state index contributed by atoms with van der Waals surface area (Å²) in [5, 5.41) is 3.83. The van der Waals surface area contributed by atoms with Crippen molar-refractivity contribution in [2.75, 3.05) is 45.6 Å². The second-order valence-electron chi connectivity index (χ2n) is 7.15. The largest absolute Gasteiger partial charge is 0.383 e. The fourth-order valence-electron chi connectivity index (χ4n) is 3.35. The number of aromatic nitrogens is 1. The van der Waals surface area contributed by atoms with Crippen LogP contribution in [0.4, 0.5) is 5.69 Å². The molecule has 0 bridgehead atoms. The average Bonchev–Trinajstić information content (AvgIpc) is 3.40. The Bertz CT molecular complexity index is 580. The first kappa shape index (κ1) is 17.6. The number of rotatable bonds is 7. The van der Waals surface area contributed by atoms with Gasteiger partial charge in [0.15, 0.2) is 5.78 Å². The summed E-state index contributed by atoms with van der Waals surface area (Å²) in [6.45, 7) is 4.07. The van der Waals surface area contributed by atoms with Crippen LogP contribution in [0.5, 0.6) is 0 Å². The third kappa shape index (κ3) is 4.47. The van der Waals surface area contributed by atoms with Crippen LogP contribution in [0.3, 0.4) is 0 Å². The number of halogens is 1. The molecule has 1 aliphatic heterocycles. The Kier molecular flexibility index (Phi) is 5.74. The van der Waals surface area contributed by atoms with E-state index in [0.29, 0.717) is 16.8 Å². The number of ketones is 1. The molecule has 3 rings (SSSR count). The van der Waals surface area contributed by atoms with Crippen molar-refractivity contribution in [3.05, 3.63) is 23.0 Å². The van der Waals surface area contributed by atoms with E-state index in [1.807, 2.05) is 0 Å². The fraction of sp³-hybridized carbons (Fsp3) is 0.667. The highest BCUT2D eigenvalue weighted by atomic mass is 35.5. The van der Waals surface area contributed by atoms with E-state index in [4.69, 9.17) is 11.6 Å². The molecule has 2 heterocycles. The van der Waals surface area contributed by atoms with Gasteiger partial charge in [-0.1, -0.05) is 11.6 Å². The van der Waals surface area contributed by atoms with Gasteiger partial charge < -0.3 is 15.1 Å². The molecule has 1 N–H and O–H groups in total. The van der Waals surface area contributed by atoms with E-state index < -0.39 is 0 Å². The highest BCUT2D eigenvalue weighted by molar-refractivity contribution is 6.29. The van der Waals surface area contributed by atoms with Crippen LogP contribution in [-0.2, 0) is 0 Å². The molecule has 0 atom stereocenters. The van der Waals surface area contributed by atoms with Crippen molar-refractivity contribution >= 4 is 23.1 Å². The highest BCUT2D eigenvalue weighted by Gasteiger charge is 2.32. The van der Waals surface area contributed by atoms with Crippen molar-refractivity contribution in [3.8, 4) is 0 Å². The number of anilines is 1. The molecular weight excluding hydrogens is 324 g/mol. The van der Waals surface area contributed by atoms with Gasteiger partial charge in [-0.2, -0.15) is 0 Å². The standard InChI is InChI=1S/C18H27ClN4O/c1-22(2)14-5-8-23(9-6-14)10-7-20-16-11-17(19)21-12-15(16)18(24)13-3-4-13/h11-14H,3-10H2,1-2H3,(H,20,21). The zero-order valence-electron chi connectivity index (χ0n) is 14.6. The molecular formula is C18H27ClN4O. The molecule has 5 nitrogen and oxygen atoms in total. The van der Waals surface area contributed by atoms with Crippen LogP contribution in [0.1, 0.15) is 36.0 Å². The van der Waals surface area contributed by atoms with E-state index in [9.17, 15) is 4.79 Å². The molecule has 6 heteroatoms. The van der Waals surface area contributed by atoms with Gasteiger partial charge in [0, 0.05) is 36.9 Å². The number of pyridine rings is 1. The lowest BCUT2D eigenvalue weighted by Crippen LogP contribution is -2.43. The van der Waals surface area contributed by atoms with Crippen LogP contribution >= 0.6 is 11.6 Å². The predicted molar refractivity (Wildman–Crippen MR) is 97.9 cm³/mol. The van der Waals surface area contributed by atoms with E-state index in [0.717, 1.165) is 44.7 Å². The zero-order chi connectivity index (χ0) is 17.1. The average molecular weight is 351 g/mol. The van der Waals surface area contributed by atoms with E-state index in [-0.39, 0.29) is 11.7 Å². The van der Waals surface area contributed by atoms with Crippen LogP contribution in [0.2, 0.25) is 5.15 Å². The van der Waals surface area contributed by atoms with Crippen molar-refractivity contribution in [2.45, 2.75) is 31.7 Å². The van der Waals surface area contributed by atoms with E-state index in [2.05, 4.69) is 34.2 Å². The van der Waals surface area contributed by atoms with Gasteiger partial charge in [0.2, 0.25) is 0 Å². The Morgan fingerprint density at radius 3 is 2.67 bits per heavy atom. The van der Waals surface area contributed by atoms with Gasteiger partial charge in [0.25, 0.3) is 0 Å². The monoisotopic (exact) mass is 350 g/mol. The smallest absolute Gasteiger partial charge is 0.169 e. The summed E-state index contributed by atoms with van der Waals surface area (Å²) < 4.78 is 0. The Morgan fingerprint density at radius 2 is 2.04 bits per heavy atom. The summed E-state index contributed by atoms with van der Waals surface area (Å²) in [7, 11) is 4.32. The lowest BCUT2D eigenvalue weighted by molar-refractivity contribution is 0.0968. The van der Waals surface area contributed by atoms with Gasteiger partial charge in [-0.15, -0.1) is 0 Å². The molecule has 1 saturated heterocycles. The van der Waals surface area contributed by atoms with Crippen LogP contribution in [0.25, 0.3) is 0 Å². The summed E-state index contributed by atoms with van der Waals surface area (Å²) in [6, 6.07) is 2.48. The SMILES string of the molecule is CN(C)C1CCN(CCNc2cc(Cl)ncc2C(=O)C2CC2)CC1. The maximum absolute atomic E-state index is 12.4. The Balaban J connectivity index is 1.51. The normalized spacial score (nSPS) is 19.7. The maximum Gasteiger partial charge on any atom is 0.169 e. The van der Waals surface area contributed by atoms with Gasteiger partial charge in [0.1, 0.15) is 5.15 Å². The first-order valence-electron chi connectivity index (χ1n) is 8.87. The lowest BCUT2D eigenvalue weighted by Gasteiger charge is -2.35. The number of nitrogens with one attached hydrogen (secondary N) is 1. The predicted octanol–water partition coefficient (Wildman–Crippen LogP) is 2.77. The number of likely N-dealkylation sites (tertiary alicyclic amines) is 1. The van der Waals surface area contributed by atoms with Crippen molar-refractivity contribution in [2.24, 2.45) is 5.92 Å². The minimum atomic E-state index is 0.193. The zero-order valence-corrected chi connectivity index (χ0v) is 15.4. The quantitative estimate of drug-likeness (QED) is 0.605. The number of carbonyl (C=O) groups is 1. The summed E-state index contributed by atoms with van der Waals surface area (Å²) in [5.41, 5.74) is 1.52. The second kappa shape index (κ2) is 7.81. The second-order valence-corrected chi connectivity index (χ2v) is 7.54. The number of hydrogen-bond donors (Lipinski definition) is 1. The Morgan fingerprint density at radius 1 is 1.33 bits per heavy atom. The molecule has 0 amide bonds. The summed E-state index contributed by atoms with van der Waals surface area (Å²) in [4.78, 5) is 21.3. The van der Waals surface area contributed by atoms with Crippen LogP contribution < -0.4 is 5.32 Å². The minimum Gasteiger partial charge on any atom is -0.383 e. The van der Waals surface area contributed by atoms with Crippen LogP contribution in [0.15, 0.2) is 12.3 Å². The van der Waals surface area contributed by atoms with Gasteiger partial charge in [0.05, 0.1) is 5.56 Å². The molecule has 2 fully saturated rings. The Hall–Kier alpha value is -1.17. The Labute approximate surface area is 149 Å². The summed E-state index contributed by atoms with van der Waals surface area (Å²) in [6.07, 6.45) is 6.07. The number of piperidine rings is 1.